The third-order valence-electron chi connectivity index (χ3n) is 2.73. The number of rotatable bonds is 4. The Labute approximate surface area is 99.4 Å². The van der Waals surface area contributed by atoms with Gasteiger partial charge in [0.25, 0.3) is 0 Å². The highest BCUT2D eigenvalue weighted by molar-refractivity contribution is 5.83. The monoisotopic (exact) mass is 230 g/mol. The van der Waals surface area contributed by atoms with Crippen LogP contribution < -0.4 is 0 Å². The van der Waals surface area contributed by atoms with Crippen LogP contribution in [-0.2, 0) is 0 Å². The molecule has 17 heavy (non-hydrogen) atoms. The maximum absolute atomic E-state index is 10.2. The lowest BCUT2D eigenvalue weighted by Crippen LogP contribution is -2.18. The van der Waals surface area contributed by atoms with Gasteiger partial charge in [-0.1, -0.05) is 36.4 Å². The van der Waals surface area contributed by atoms with E-state index < -0.39 is 6.10 Å². The molecule has 0 amide bonds. The maximum Gasteiger partial charge on any atom is 0.0982 e. The summed E-state index contributed by atoms with van der Waals surface area (Å²) in [5, 5.41) is 16.1. The highest BCUT2D eigenvalue weighted by Gasteiger charge is 2.10. The summed E-state index contributed by atoms with van der Waals surface area (Å²) in [6.07, 6.45) is -0.706. The molecule has 1 unspecified atom stereocenters. The summed E-state index contributed by atoms with van der Waals surface area (Å²) in [5.41, 5.74) is 0.791. The van der Waals surface area contributed by atoms with E-state index in [1.165, 1.54) is 12.1 Å². The van der Waals surface area contributed by atoms with Crippen molar-refractivity contribution in [2.75, 3.05) is 13.6 Å². The smallest absolute Gasteiger partial charge is 0.0982 e. The topological polar surface area (TPSA) is 52.9 Å². The number of fused-ring (bicyclic) bond motifs is 1. The van der Waals surface area contributed by atoms with Gasteiger partial charge in [-0.3, -0.25) is 5.01 Å². The Bertz CT molecular complexity index is 528. The molecule has 0 aliphatic heterocycles. The van der Waals surface area contributed by atoms with Crippen molar-refractivity contribution in [1.29, 1.82) is 0 Å². The summed E-state index contributed by atoms with van der Waals surface area (Å²) in [5.74, 6) is 0. The van der Waals surface area contributed by atoms with E-state index in [4.69, 9.17) is 0 Å². The average Bonchev–Trinajstić information content (AvgIpc) is 2.38. The van der Waals surface area contributed by atoms with Crippen LogP contribution in [-0.4, -0.2) is 23.7 Å². The van der Waals surface area contributed by atoms with Gasteiger partial charge < -0.3 is 5.11 Å². The van der Waals surface area contributed by atoms with Gasteiger partial charge in [0.15, 0.2) is 0 Å². The van der Waals surface area contributed by atoms with Crippen molar-refractivity contribution in [3.63, 3.8) is 0 Å². The molecule has 88 valence electrons. The van der Waals surface area contributed by atoms with E-state index >= 15 is 0 Å². The van der Waals surface area contributed by atoms with Gasteiger partial charge in [0, 0.05) is 7.05 Å². The average molecular weight is 230 g/mol. The molecule has 1 atom stereocenters. The van der Waals surface area contributed by atoms with Crippen LogP contribution >= 0.6 is 0 Å². The van der Waals surface area contributed by atoms with E-state index in [2.05, 4.69) is 5.29 Å². The van der Waals surface area contributed by atoms with Crippen LogP contribution in [0.1, 0.15) is 11.7 Å². The zero-order valence-electron chi connectivity index (χ0n) is 9.58. The van der Waals surface area contributed by atoms with Crippen molar-refractivity contribution < 1.29 is 5.11 Å². The third kappa shape index (κ3) is 2.60. The van der Waals surface area contributed by atoms with Crippen molar-refractivity contribution in [3.05, 3.63) is 52.9 Å². The predicted molar refractivity (Wildman–Crippen MR) is 67.3 cm³/mol. The van der Waals surface area contributed by atoms with Gasteiger partial charge >= 0.3 is 0 Å². The lowest BCUT2D eigenvalue weighted by atomic mass is 10.0. The molecule has 0 radical (unpaired) electrons. The Kier molecular flexibility index (Phi) is 3.35. The quantitative estimate of drug-likeness (QED) is 0.648. The summed E-state index contributed by atoms with van der Waals surface area (Å²) in [6, 6.07) is 13.7. The van der Waals surface area contributed by atoms with E-state index in [1.54, 1.807) is 0 Å². The minimum atomic E-state index is -0.706. The molecule has 0 saturated heterocycles. The number of likely N-dealkylation sites (N-methyl/N-ethyl adjacent to an activating group) is 1. The summed E-state index contributed by atoms with van der Waals surface area (Å²) in [4.78, 5) is 10.2. The molecule has 0 aliphatic carbocycles. The second-order valence-corrected chi connectivity index (χ2v) is 4.04. The molecule has 0 spiro atoms. The number of aliphatic hydroxyl groups excluding tert-OH is 1. The number of nitroso groups, excluding NO2 is 1. The zero-order valence-corrected chi connectivity index (χ0v) is 9.58. The van der Waals surface area contributed by atoms with E-state index in [9.17, 15) is 10.0 Å². The summed E-state index contributed by atoms with van der Waals surface area (Å²) < 4.78 is 0. The van der Waals surface area contributed by atoms with E-state index in [-0.39, 0.29) is 6.54 Å². The van der Waals surface area contributed by atoms with Crippen LogP contribution in [0.25, 0.3) is 10.8 Å². The lowest BCUT2D eigenvalue weighted by Gasteiger charge is -2.15. The molecule has 2 aromatic carbocycles. The van der Waals surface area contributed by atoms with E-state index in [0.29, 0.717) is 0 Å². The van der Waals surface area contributed by atoms with Crippen molar-refractivity contribution >= 4 is 10.8 Å². The van der Waals surface area contributed by atoms with Crippen LogP contribution in [0.5, 0.6) is 0 Å². The van der Waals surface area contributed by atoms with Gasteiger partial charge in [-0.25, -0.2) is 0 Å². The minimum absolute atomic E-state index is 0.196. The predicted octanol–water partition coefficient (Wildman–Crippen LogP) is 2.49. The largest absolute Gasteiger partial charge is 0.386 e. The first kappa shape index (κ1) is 11.5. The Hall–Kier alpha value is -1.94. The fourth-order valence-electron chi connectivity index (χ4n) is 1.80. The molecule has 0 aromatic heterocycles. The lowest BCUT2D eigenvalue weighted by molar-refractivity contribution is 0.128. The number of nitrogens with zero attached hydrogens (tertiary/aromatic N) is 2. The van der Waals surface area contributed by atoms with E-state index in [0.717, 1.165) is 16.3 Å². The Morgan fingerprint density at radius 3 is 2.65 bits per heavy atom. The number of benzene rings is 2. The van der Waals surface area contributed by atoms with Gasteiger partial charge in [0.05, 0.1) is 17.9 Å². The molecule has 0 fully saturated rings. The van der Waals surface area contributed by atoms with Gasteiger partial charge in [-0.15, -0.1) is 4.91 Å². The van der Waals surface area contributed by atoms with Crippen LogP contribution in [0.15, 0.2) is 47.8 Å². The first-order valence-electron chi connectivity index (χ1n) is 5.42. The number of aliphatic hydroxyl groups is 1. The first-order valence-corrected chi connectivity index (χ1v) is 5.42. The van der Waals surface area contributed by atoms with Crippen LogP contribution in [0.4, 0.5) is 0 Å². The molecule has 1 N–H and O–H groups in total. The second kappa shape index (κ2) is 4.93. The summed E-state index contributed by atoms with van der Waals surface area (Å²) >= 11 is 0. The number of hydrogen-bond donors (Lipinski definition) is 1. The Balaban J connectivity index is 2.26. The van der Waals surface area contributed by atoms with Crippen molar-refractivity contribution in [3.8, 4) is 0 Å². The standard InChI is InChI=1S/C13H14N2O2/c1-15(14-17)9-13(16)12-7-6-10-4-2-3-5-11(10)8-12/h2-8,13,16H,9H2,1H3. The summed E-state index contributed by atoms with van der Waals surface area (Å²) in [6.45, 7) is 0.196. The molecular formula is C13H14N2O2. The highest BCUT2D eigenvalue weighted by atomic mass is 16.3. The Morgan fingerprint density at radius 2 is 1.94 bits per heavy atom. The molecule has 0 bridgehead atoms. The van der Waals surface area contributed by atoms with Crippen LogP contribution in [0, 0.1) is 4.91 Å². The first-order chi connectivity index (χ1) is 8.20. The highest BCUT2D eigenvalue weighted by Crippen LogP contribution is 2.20. The molecule has 4 heteroatoms. The molecule has 2 aromatic rings. The summed E-state index contributed by atoms with van der Waals surface area (Å²) in [7, 11) is 1.54. The van der Waals surface area contributed by atoms with Gasteiger partial charge in [0.2, 0.25) is 0 Å². The SMILES string of the molecule is CN(CC(O)c1ccc2ccccc2c1)N=O. The Morgan fingerprint density at radius 1 is 1.24 bits per heavy atom. The molecule has 0 heterocycles. The zero-order chi connectivity index (χ0) is 12.3. The van der Waals surface area contributed by atoms with Crippen LogP contribution in [0.2, 0.25) is 0 Å². The maximum atomic E-state index is 10.2. The normalized spacial score (nSPS) is 12.4. The molecular weight excluding hydrogens is 216 g/mol. The van der Waals surface area contributed by atoms with Gasteiger partial charge in [-0.2, -0.15) is 0 Å². The van der Waals surface area contributed by atoms with Crippen molar-refractivity contribution in [2.45, 2.75) is 6.10 Å². The van der Waals surface area contributed by atoms with E-state index in [1.807, 2.05) is 42.5 Å². The molecule has 0 aliphatic rings. The second-order valence-electron chi connectivity index (χ2n) is 4.04. The molecule has 2 rings (SSSR count). The molecule has 0 saturated carbocycles. The minimum Gasteiger partial charge on any atom is -0.386 e. The fraction of sp³-hybridized carbons (Fsp3) is 0.231. The van der Waals surface area contributed by atoms with Crippen molar-refractivity contribution in [1.82, 2.24) is 5.01 Å². The van der Waals surface area contributed by atoms with Crippen LogP contribution in [0.3, 0.4) is 0 Å². The van der Waals surface area contributed by atoms with Gasteiger partial charge in [0.1, 0.15) is 0 Å². The fourth-order valence-corrected chi connectivity index (χ4v) is 1.80. The van der Waals surface area contributed by atoms with Crippen molar-refractivity contribution in [2.24, 2.45) is 5.29 Å². The number of hydrogen-bond acceptors (Lipinski definition) is 3. The van der Waals surface area contributed by atoms with Gasteiger partial charge in [-0.05, 0) is 22.4 Å². The molecule has 4 nitrogen and oxygen atoms in total. The third-order valence-corrected chi connectivity index (χ3v) is 2.73.